The van der Waals surface area contributed by atoms with Crippen LogP contribution in [0.5, 0.6) is 0 Å². The summed E-state index contributed by atoms with van der Waals surface area (Å²) in [5.41, 5.74) is 3.40. The highest BCUT2D eigenvalue weighted by molar-refractivity contribution is 6.42. The van der Waals surface area contributed by atoms with E-state index < -0.39 is 17.9 Å². The largest absolute Gasteiger partial charge is 0.480 e. The number of carboxylic acid groups (broad SMARTS) is 1. The predicted molar refractivity (Wildman–Crippen MR) is 155 cm³/mol. The second kappa shape index (κ2) is 12.5. The zero-order chi connectivity index (χ0) is 28.1. The lowest BCUT2D eigenvalue weighted by atomic mass is 9.79. The van der Waals surface area contributed by atoms with Gasteiger partial charge in [0.1, 0.15) is 6.04 Å². The van der Waals surface area contributed by atoms with Gasteiger partial charge in [-0.3, -0.25) is 9.78 Å². The second-order valence-electron chi connectivity index (χ2n) is 9.93. The number of benzene rings is 2. The summed E-state index contributed by atoms with van der Waals surface area (Å²) < 4.78 is 1.90. The van der Waals surface area contributed by atoms with Gasteiger partial charge in [0.2, 0.25) is 5.91 Å². The van der Waals surface area contributed by atoms with Crippen LogP contribution in [0, 0.1) is 5.92 Å². The fourth-order valence-electron chi connectivity index (χ4n) is 5.24. The third-order valence-corrected chi connectivity index (χ3v) is 8.10. The fourth-order valence-corrected chi connectivity index (χ4v) is 5.69. The maximum Gasteiger partial charge on any atom is 0.326 e. The van der Waals surface area contributed by atoms with Crippen LogP contribution < -0.4 is 10.2 Å². The number of pyridine rings is 1. The number of carbonyl (C=O) groups excluding carboxylic acids is 1. The topological polar surface area (TPSA) is 100 Å². The molecule has 3 unspecified atom stereocenters. The molecule has 4 aromatic rings. The van der Waals surface area contributed by atoms with Crippen molar-refractivity contribution in [2.45, 2.75) is 31.3 Å². The van der Waals surface area contributed by atoms with E-state index in [0.29, 0.717) is 41.8 Å². The van der Waals surface area contributed by atoms with Gasteiger partial charge < -0.3 is 19.9 Å². The van der Waals surface area contributed by atoms with E-state index >= 15 is 0 Å². The number of amides is 1. The van der Waals surface area contributed by atoms with Crippen LogP contribution in [0.25, 0.3) is 0 Å². The number of carboxylic acids is 1. The molecular formula is C30H29Cl2N5O3. The molecule has 1 saturated heterocycles. The Morgan fingerprint density at radius 1 is 1.07 bits per heavy atom. The summed E-state index contributed by atoms with van der Waals surface area (Å²) in [4.78, 5) is 36.6. The van der Waals surface area contributed by atoms with Gasteiger partial charge in [-0.25, -0.2) is 9.78 Å². The van der Waals surface area contributed by atoms with Gasteiger partial charge in [-0.2, -0.15) is 0 Å². The van der Waals surface area contributed by atoms with Crippen molar-refractivity contribution in [2.75, 3.05) is 18.0 Å². The smallest absolute Gasteiger partial charge is 0.326 e. The molecule has 206 valence electrons. The van der Waals surface area contributed by atoms with Crippen molar-refractivity contribution in [1.29, 1.82) is 0 Å². The average molecular weight is 579 g/mol. The third-order valence-electron chi connectivity index (χ3n) is 7.26. The first-order valence-electron chi connectivity index (χ1n) is 13.1. The first kappa shape index (κ1) is 27.7. The van der Waals surface area contributed by atoms with Gasteiger partial charge in [-0.1, -0.05) is 65.7 Å². The van der Waals surface area contributed by atoms with Crippen LogP contribution in [-0.2, 0) is 22.6 Å². The number of anilines is 1. The zero-order valence-electron chi connectivity index (χ0n) is 21.7. The lowest BCUT2D eigenvalue weighted by Gasteiger charge is -2.40. The number of aromatic nitrogens is 3. The van der Waals surface area contributed by atoms with Gasteiger partial charge in [0.05, 0.1) is 34.0 Å². The van der Waals surface area contributed by atoms with E-state index in [4.69, 9.17) is 23.2 Å². The Kier molecular flexibility index (Phi) is 8.67. The first-order chi connectivity index (χ1) is 19.4. The number of nitrogens with one attached hydrogen (secondary N) is 1. The first-order valence-corrected chi connectivity index (χ1v) is 13.8. The molecule has 2 aromatic carbocycles. The van der Waals surface area contributed by atoms with Crippen molar-refractivity contribution in [3.05, 3.63) is 112 Å². The molecule has 2 N–H and O–H groups in total. The van der Waals surface area contributed by atoms with Crippen LogP contribution in [0.15, 0.2) is 85.6 Å². The molecule has 0 spiro atoms. The highest BCUT2D eigenvalue weighted by Crippen LogP contribution is 2.40. The summed E-state index contributed by atoms with van der Waals surface area (Å²) in [5, 5.41) is 13.6. The van der Waals surface area contributed by atoms with Crippen LogP contribution >= 0.6 is 23.2 Å². The Hall–Kier alpha value is -3.88. The number of rotatable bonds is 9. The Morgan fingerprint density at radius 3 is 2.65 bits per heavy atom. The number of hydrogen-bond acceptors (Lipinski definition) is 5. The highest BCUT2D eigenvalue weighted by atomic mass is 35.5. The van der Waals surface area contributed by atoms with Crippen LogP contribution in [0.2, 0.25) is 10.0 Å². The van der Waals surface area contributed by atoms with Crippen molar-refractivity contribution in [3.8, 4) is 0 Å². The van der Waals surface area contributed by atoms with Gasteiger partial charge in [0.25, 0.3) is 0 Å². The highest BCUT2D eigenvalue weighted by Gasteiger charge is 2.38. The summed E-state index contributed by atoms with van der Waals surface area (Å²) in [5.74, 6) is -2.25. The second-order valence-corrected chi connectivity index (χ2v) is 10.7. The molecule has 8 nitrogen and oxygen atoms in total. The maximum absolute atomic E-state index is 13.7. The summed E-state index contributed by atoms with van der Waals surface area (Å²) >= 11 is 13.0. The number of hydrogen-bond donors (Lipinski definition) is 2. The van der Waals surface area contributed by atoms with Crippen molar-refractivity contribution < 1.29 is 14.7 Å². The number of aliphatic carboxylic acids is 1. The Balaban J connectivity index is 1.33. The molecule has 0 saturated carbocycles. The summed E-state index contributed by atoms with van der Waals surface area (Å²) in [6, 6.07) is 18.0. The molecule has 0 bridgehead atoms. The summed E-state index contributed by atoms with van der Waals surface area (Å²) in [6.45, 7) is 1.74. The number of nitrogens with zero attached hydrogens (tertiary/aromatic N) is 4. The number of halogens is 2. The predicted octanol–water partition coefficient (Wildman–Crippen LogP) is 5.06. The molecule has 2 aromatic heterocycles. The molecule has 0 aliphatic carbocycles. The fraction of sp³-hybridized carbons (Fsp3) is 0.267. The summed E-state index contributed by atoms with van der Waals surface area (Å²) in [7, 11) is 0. The molecule has 10 heteroatoms. The van der Waals surface area contributed by atoms with Crippen LogP contribution in [-0.4, -0.2) is 50.6 Å². The van der Waals surface area contributed by atoms with E-state index in [-0.39, 0.29) is 18.2 Å². The van der Waals surface area contributed by atoms with Gasteiger partial charge in [-0.15, -0.1) is 0 Å². The monoisotopic (exact) mass is 577 g/mol. The number of imidazole rings is 1. The van der Waals surface area contributed by atoms with Crippen molar-refractivity contribution in [1.82, 2.24) is 19.9 Å². The van der Waals surface area contributed by atoms with E-state index in [1.165, 1.54) is 0 Å². The van der Waals surface area contributed by atoms with Crippen LogP contribution in [0.3, 0.4) is 0 Å². The molecule has 3 atom stereocenters. The van der Waals surface area contributed by atoms with E-state index in [0.717, 1.165) is 16.8 Å². The molecule has 1 fully saturated rings. The zero-order valence-corrected chi connectivity index (χ0v) is 23.2. The normalized spacial score (nSPS) is 17.8. The molecule has 3 heterocycles. The minimum absolute atomic E-state index is 0.0694. The maximum atomic E-state index is 13.7. The number of piperidine rings is 1. The Bertz CT molecular complexity index is 1460. The van der Waals surface area contributed by atoms with Gasteiger partial charge in [-0.05, 0) is 35.7 Å². The van der Waals surface area contributed by atoms with Gasteiger partial charge >= 0.3 is 5.97 Å². The molecular weight excluding hydrogens is 549 g/mol. The Morgan fingerprint density at radius 2 is 1.90 bits per heavy atom. The summed E-state index contributed by atoms with van der Waals surface area (Å²) in [6.07, 6.45) is 7.57. The van der Waals surface area contributed by atoms with E-state index in [2.05, 4.69) is 20.2 Å². The number of carbonyl (C=O) groups is 2. The average Bonchev–Trinajstić information content (AvgIpc) is 3.41. The molecule has 1 aliphatic heterocycles. The van der Waals surface area contributed by atoms with Gasteiger partial charge in [0.15, 0.2) is 0 Å². The van der Waals surface area contributed by atoms with E-state index in [1.807, 2.05) is 65.4 Å². The van der Waals surface area contributed by atoms with Crippen LogP contribution in [0.1, 0.15) is 29.2 Å². The quantitative estimate of drug-likeness (QED) is 0.288. The third kappa shape index (κ3) is 6.46. The van der Waals surface area contributed by atoms with Crippen molar-refractivity contribution in [3.63, 3.8) is 0 Å². The SMILES string of the molecule is O=C(O)C(Cc1cn(Cc2ccccc2)cn1)NC(=O)C1CCN(c2cccnc2)CC1c1cccc(Cl)c1Cl. The molecule has 0 radical (unpaired) electrons. The Labute approximate surface area is 242 Å². The lowest BCUT2D eigenvalue weighted by molar-refractivity contribution is -0.142. The molecule has 40 heavy (non-hydrogen) atoms. The molecule has 1 aliphatic rings. The minimum Gasteiger partial charge on any atom is -0.480 e. The molecule has 5 rings (SSSR count). The van der Waals surface area contributed by atoms with Crippen molar-refractivity contribution in [2.24, 2.45) is 5.92 Å². The molecule has 1 amide bonds. The van der Waals surface area contributed by atoms with Crippen molar-refractivity contribution >= 4 is 40.8 Å². The van der Waals surface area contributed by atoms with Crippen LogP contribution in [0.4, 0.5) is 5.69 Å². The van der Waals surface area contributed by atoms with Gasteiger partial charge in [0, 0.05) is 50.3 Å². The lowest BCUT2D eigenvalue weighted by Crippen LogP contribution is -2.50. The minimum atomic E-state index is -1.13. The van der Waals surface area contributed by atoms with E-state index in [9.17, 15) is 14.7 Å². The van der Waals surface area contributed by atoms with E-state index in [1.54, 1.807) is 24.8 Å². The standard InChI is InChI=1S/C30H29Cl2N5O3/c31-26-10-4-9-23(28(26)32)25-18-37(22-8-5-12-33-15-22)13-11-24(25)29(38)35-27(30(39)40)14-21-17-36(19-34-21)16-20-6-2-1-3-7-20/h1-10,12,15,17,19,24-25,27H,11,13-14,16,18H2,(H,35,38)(H,39,40).